The lowest BCUT2D eigenvalue weighted by Crippen LogP contribution is -2.22. The molecule has 0 saturated carbocycles. The summed E-state index contributed by atoms with van der Waals surface area (Å²) in [5.41, 5.74) is -0.106. The maximum Gasteiger partial charge on any atom is 0.327 e. The lowest BCUT2D eigenvalue weighted by molar-refractivity contribution is -0.137. The van der Waals surface area contributed by atoms with E-state index in [4.69, 9.17) is 5.11 Å². The van der Waals surface area contributed by atoms with Crippen molar-refractivity contribution in [3.63, 3.8) is 0 Å². The van der Waals surface area contributed by atoms with Crippen LogP contribution >= 0.6 is 0 Å². The first-order chi connectivity index (χ1) is 6.11. The monoisotopic (exact) mass is 184 g/mol. The van der Waals surface area contributed by atoms with Crippen molar-refractivity contribution in [2.75, 3.05) is 0 Å². The van der Waals surface area contributed by atoms with Crippen LogP contribution in [0.4, 0.5) is 0 Å². The van der Waals surface area contributed by atoms with Crippen LogP contribution in [0.2, 0.25) is 0 Å². The van der Waals surface area contributed by atoms with E-state index in [0.29, 0.717) is 13.0 Å². The number of hydrogen-bond donors (Lipinski definition) is 1. The molecule has 1 heterocycles. The fourth-order valence-corrected chi connectivity index (χ4v) is 1.08. The highest BCUT2D eigenvalue weighted by molar-refractivity contribution is 5.66. The van der Waals surface area contributed by atoms with Crippen molar-refractivity contribution in [3.8, 4) is 0 Å². The molecule has 0 aliphatic heterocycles. The Labute approximate surface area is 75.2 Å². The van der Waals surface area contributed by atoms with E-state index in [1.165, 1.54) is 9.13 Å². The van der Waals surface area contributed by atoms with E-state index in [0.717, 1.165) is 0 Å². The van der Waals surface area contributed by atoms with Crippen molar-refractivity contribution >= 4 is 5.97 Å². The fraction of sp³-hybridized carbons (Fsp3) is 0.500. The Balaban J connectivity index is 2.51. The molecule has 72 valence electrons. The third kappa shape index (κ3) is 2.47. The van der Waals surface area contributed by atoms with Gasteiger partial charge < -0.3 is 9.67 Å². The minimum atomic E-state index is -0.830. The largest absolute Gasteiger partial charge is 0.481 e. The van der Waals surface area contributed by atoms with E-state index in [9.17, 15) is 9.59 Å². The zero-order chi connectivity index (χ0) is 9.84. The molecule has 0 radical (unpaired) electrons. The SMILES string of the molecule is Cn1ccn(CCCC(=O)O)c1=O. The summed E-state index contributed by atoms with van der Waals surface area (Å²) in [5, 5.41) is 8.37. The van der Waals surface area contributed by atoms with Crippen LogP contribution in [0.3, 0.4) is 0 Å². The van der Waals surface area contributed by atoms with Crippen LogP contribution in [0.15, 0.2) is 17.2 Å². The van der Waals surface area contributed by atoms with Crippen LogP contribution in [0.5, 0.6) is 0 Å². The molecule has 0 amide bonds. The van der Waals surface area contributed by atoms with Gasteiger partial charge in [-0.2, -0.15) is 0 Å². The van der Waals surface area contributed by atoms with E-state index in [1.807, 2.05) is 0 Å². The Hall–Kier alpha value is -1.52. The second-order valence-corrected chi connectivity index (χ2v) is 2.88. The average Bonchev–Trinajstić information content (AvgIpc) is 2.35. The molecule has 0 bridgehead atoms. The summed E-state index contributed by atoms with van der Waals surface area (Å²) in [6.07, 6.45) is 3.90. The molecule has 1 aromatic rings. The molecule has 1 aromatic heterocycles. The maximum absolute atomic E-state index is 11.2. The number of aromatic nitrogens is 2. The van der Waals surface area contributed by atoms with Crippen LogP contribution < -0.4 is 5.69 Å². The molecule has 13 heavy (non-hydrogen) atoms. The topological polar surface area (TPSA) is 64.2 Å². The van der Waals surface area contributed by atoms with E-state index in [2.05, 4.69) is 0 Å². The summed E-state index contributed by atoms with van der Waals surface area (Å²) < 4.78 is 2.96. The van der Waals surface area contributed by atoms with Gasteiger partial charge in [0, 0.05) is 32.4 Å². The number of rotatable bonds is 4. The Kier molecular flexibility index (Phi) is 2.89. The number of carbonyl (C=O) groups is 1. The lowest BCUT2D eigenvalue weighted by Gasteiger charge is -1.97. The molecule has 5 heteroatoms. The summed E-state index contributed by atoms with van der Waals surface area (Å²) in [7, 11) is 1.66. The van der Waals surface area contributed by atoms with E-state index < -0.39 is 5.97 Å². The molecule has 0 aliphatic carbocycles. The Bertz CT molecular complexity index is 351. The van der Waals surface area contributed by atoms with E-state index in [1.54, 1.807) is 19.4 Å². The summed E-state index contributed by atoms with van der Waals surface area (Å²) in [6, 6.07) is 0. The van der Waals surface area contributed by atoms with Crippen molar-refractivity contribution < 1.29 is 9.90 Å². The fourth-order valence-electron chi connectivity index (χ4n) is 1.08. The molecule has 5 nitrogen and oxygen atoms in total. The van der Waals surface area contributed by atoms with Gasteiger partial charge in [-0.1, -0.05) is 0 Å². The van der Waals surface area contributed by atoms with Gasteiger partial charge in [0.1, 0.15) is 0 Å². The molecule has 0 aromatic carbocycles. The molecular weight excluding hydrogens is 172 g/mol. The molecule has 0 unspecified atom stereocenters. The predicted molar refractivity (Wildman–Crippen MR) is 46.5 cm³/mol. The highest BCUT2D eigenvalue weighted by atomic mass is 16.4. The quantitative estimate of drug-likeness (QED) is 0.719. The number of carboxylic acid groups (broad SMARTS) is 1. The Morgan fingerprint density at radius 1 is 1.54 bits per heavy atom. The van der Waals surface area contributed by atoms with Crippen molar-refractivity contribution in [2.45, 2.75) is 19.4 Å². The number of aliphatic carboxylic acids is 1. The Morgan fingerprint density at radius 2 is 2.23 bits per heavy atom. The minimum Gasteiger partial charge on any atom is -0.481 e. The number of nitrogens with zero attached hydrogens (tertiary/aromatic N) is 2. The second kappa shape index (κ2) is 3.93. The van der Waals surface area contributed by atoms with Gasteiger partial charge in [-0.05, 0) is 6.42 Å². The smallest absolute Gasteiger partial charge is 0.327 e. The molecule has 0 aliphatic rings. The number of hydrogen-bond acceptors (Lipinski definition) is 2. The summed E-state index contributed by atoms with van der Waals surface area (Å²) in [5.74, 6) is -0.830. The molecular formula is C8H12N2O3. The Morgan fingerprint density at radius 3 is 2.69 bits per heavy atom. The van der Waals surface area contributed by atoms with Gasteiger partial charge in [0.2, 0.25) is 0 Å². The minimum absolute atomic E-state index is 0.0985. The van der Waals surface area contributed by atoms with Crippen molar-refractivity contribution in [1.82, 2.24) is 9.13 Å². The van der Waals surface area contributed by atoms with Gasteiger partial charge in [0.25, 0.3) is 0 Å². The first-order valence-corrected chi connectivity index (χ1v) is 4.05. The number of imidazole rings is 1. The molecule has 1 rings (SSSR count). The summed E-state index contributed by atoms with van der Waals surface area (Å²) >= 11 is 0. The molecule has 0 atom stereocenters. The van der Waals surface area contributed by atoms with Gasteiger partial charge in [-0.25, -0.2) is 4.79 Å². The van der Waals surface area contributed by atoms with Crippen LogP contribution in [0.1, 0.15) is 12.8 Å². The van der Waals surface area contributed by atoms with Crippen LogP contribution in [0, 0.1) is 0 Å². The molecule has 1 N–H and O–H groups in total. The second-order valence-electron chi connectivity index (χ2n) is 2.88. The molecule has 0 fully saturated rings. The van der Waals surface area contributed by atoms with Crippen LogP contribution in [-0.2, 0) is 18.4 Å². The van der Waals surface area contributed by atoms with Crippen LogP contribution in [0.25, 0.3) is 0 Å². The first-order valence-electron chi connectivity index (χ1n) is 4.05. The molecule has 0 spiro atoms. The van der Waals surface area contributed by atoms with Gasteiger partial charge in [-0.15, -0.1) is 0 Å². The van der Waals surface area contributed by atoms with Gasteiger partial charge >= 0.3 is 11.7 Å². The zero-order valence-electron chi connectivity index (χ0n) is 7.43. The van der Waals surface area contributed by atoms with Gasteiger partial charge in [0.05, 0.1) is 0 Å². The third-order valence-electron chi connectivity index (χ3n) is 1.81. The van der Waals surface area contributed by atoms with E-state index in [-0.39, 0.29) is 12.1 Å². The normalized spacial score (nSPS) is 10.2. The summed E-state index contributed by atoms with van der Waals surface area (Å²) in [6.45, 7) is 0.464. The highest BCUT2D eigenvalue weighted by Gasteiger charge is 2.00. The lowest BCUT2D eigenvalue weighted by atomic mass is 10.3. The van der Waals surface area contributed by atoms with Crippen LogP contribution in [-0.4, -0.2) is 20.2 Å². The average molecular weight is 184 g/mol. The highest BCUT2D eigenvalue weighted by Crippen LogP contribution is 1.92. The van der Waals surface area contributed by atoms with E-state index >= 15 is 0 Å². The third-order valence-corrected chi connectivity index (χ3v) is 1.81. The predicted octanol–water partition coefficient (Wildman–Crippen LogP) is 0.0516. The van der Waals surface area contributed by atoms with Gasteiger partial charge in [0.15, 0.2) is 0 Å². The summed E-state index contributed by atoms with van der Waals surface area (Å²) in [4.78, 5) is 21.4. The number of carboxylic acids is 1. The van der Waals surface area contributed by atoms with Crippen molar-refractivity contribution in [1.29, 1.82) is 0 Å². The van der Waals surface area contributed by atoms with Gasteiger partial charge in [-0.3, -0.25) is 9.36 Å². The van der Waals surface area contributed by atoms with Crippen molar-refractivity contribution in [2.24, 2.45) is 7.05 Å². The maximum atomic E-state index is 11.2. The first kappa shape index (κ1) is 9.57. The zero-order valence-corrected chi connectivity index (χ0v) is 7.43. The van der Waals surface area contributed by atoms with Crippen molar-refractivity contribution in [3.05, 3.63) is 22.9 Å². The standard InChI is InChI=1S/C8H12N2O3/c1-9-5-6-10(8(9)13)4-2-3-7(11)12/h5-6H,2-4H2,1H3,(H,11,12). The molecule has 0 saturated heterocycles. The number of aryl methyl sites for hydroxylation is 2.